The molecule has 1 aromatic carbocycles. The first kappa shape index (κ1) is 14.1. The topological polar surface area (TPSA) is 38.3 Å². The number of hydrogen-bond acceptors (Lipinski definition) is 3. The predicted molar refractivity (Wildman–Crippen MR) is 70.7 cm³/mol. The molecule has 1 atom stereocenters. The number of anilines is 1. The molecule has 1 rings (SSSR count). The summed E-state index contributed by atoms with van der Waals surface area (Å²) in [5.74, 6) is -0.438. The van der Waals surface area contributed by atoms with Crippen molar-refractivity contribution in [2.75, 3.05) is 18.5 Å². The Kier molecular flexibility index (Phi) is 5.59. The number of nitrogens with one attached hydrogen (secondary N) is 1. The molecule has 0 fully saturated rings. The van der Waals surface area contributed by atoms with E-state index in [1.807, 2.05) is 0 Å². The van der Waals surface area contributed by atoms with Gasteiger partial charge in [-0.05, 0) is 25.1 Å². The highest BCUT2D eigenvalue weighted by Crippen LogP contribution is 2.25. The Balaban J connectivity index is 2.52. The van der Waals surface area contributed by atoms with Gasteiger partial charge in [-0.2, -0.15) is 0 Å². The Labute approximate surface area is 111 Å². The van der Waals surface area contributed by atoms with E-state index in [0.29, 0.717) is 23.2 Å². The number of carbonyl (C=O) groups excluding carboxylic acids is 1. The van der Waals surface area contributed by atoms with Crippen molar-refractivity contribution < 1.29 is 9.53 Å². The molecule has 0 aliphatic heterocycles. The highest BCUT2D eigenvalue weighted by atomic mass is 35.5. The predicted octanol–water partition coefficient (Wildman–Crippen LogP) is 3.60. The molecule has 0 heterocycles. The van der Waals surface area contributed by atoms with Crippen LogP contribution < -0.4 is 5.32 Å². The lowest BCUT2D eigenvalue weighted by Crippen LogP contribution is -2.22. The minimum absolute atomic E-state index is 0.218. The lowest BCUT2D eigenvalue weighted by molar-refractivity contribution is -0.146. The SMILES string of the molecule is CCOC(=O)C(C)CNc1ccc(Cl)cc1Cl. The molecule has 1 N–H and O–H groups in total. The molecule has 0 aliphatic rings. The maximum Gasteiger partial charge on any atom is 0.310 e. The second-order valence-electron chi connectivity index (χ2n) is 3.66. The third-order valence-corrected chi connectivity index (χ3v) is 2.77. The Hall–Kier alpha value is -0.930. The first-order chi connectivity index (χ1) is 8.04. The number of rotatable bonds is 5. The number of esters is 1. The highest BCUT2D eigenvalue weighted by molar-refractivity contribution is 6.36. The summed E-state index contributed by atoms with van der Waals surface area (Å²) in [5, 5.41) is 4.21. The molecular formula is C12H15Cl2NO2. The van der Waals surface area contributed by atoms with Crippen LogP contribution in [-0.2, 0) is 9.53 Å². The van der Waals surface area contributed by atoms with Gasteiger partial charge in [0.1, 0.15) is 0 Å². The van der Waals surface area contributed by atoms with Crippen molar-refractivity contribution in [1.29, 1.82) is 0 Å². The molecule has 0 aliphatic carbocycles. The average molecular weight is 276 g/mol. The zero-order valence-electron chi connectivity index (χ0n) is 9.80. The highest BCUT2D eigenvalue weighted by Gasteiger charge is 2.13. The number of benzene rings is 1. The minimum Gasteiger partial charge on any atom is -0.466 e. The summed E-state index contributed by atoms with van der Waals surface area (Å²) in [6, 6.07) is 5.17. The fraction of sp³-hybridized carbons (Fsp3) is 0.417. The Morgan fingerprint density at radius 1 is 1.47 bits per heavy atom. The molecule has 0 radical (unpaired) electrons. The van der Waals surface area contributed by atoms with Crippen LogP contribution >= 0.6 is 23.2 Å². The molecule has 0 bridgehead atoms. The van der Waals surface area contributed by atoms with Crippen molar-refractivity contribution in [2.24, 2.45) is 5.92 Å². The van der Waals surface area contributed by atoms with Gasteiger partial charge in [0.15, 0.2) is 0 Å². The molecule has 0 aromatic heterocycles. The Bertz CT molecular complexity index is 396. The van der Waals surface area contributed by atoms with E-state index >= 15 is 0 Å². The fourth-order valence-electron chi connectivity index (χ4n) is 1.26. The number of halogens is 2. The first-order valence-corrected chi connectivity index (χ1v) is 6.15. The number of hydrogen-bond donors (Lipinski definition) is 1. The van der Waals surface area contributed by atoms with Crippen LogP contribution in [0.2, 0.25) is 10.0 Å². The van der Waals surface area contributed by atoms with Gasteiger partial charge >= 0.3 is 5.97 Å². The van der Waals surface area contributed by atoms with Crippen molar-refractivity contribution in [2.45, 2.75) is 13.8 Å². The lowest BCUT2D eigenvalue weighted by Gasteiger charge is -2.13. The summed E-state index contributed by atoms with van der Waals surface area (Å²) in [4.78, 5) is 11.4. The normalized spacial score (nSPS) is 12.0. The first-order valence-electron chi connectivity index (χ1n) is 5.40. The summed E-state index contributed by atoms with van der Waals surface area (Å²) in [6.07, 6.45) is 0. The summed E-state index contributed by atoms with van der Waals surface area (Å²) in [5.41, 5.74) is 0.757. The van der Waals surface area contributed by atoms with E-state index in [-0.39, 0.29) is 11.9 Å². The van der Waals surface area contributed by atoms with Crippen LogP contribution in [0, 0.1) is 5.92 Å². The van der Waals surface area contributed by atoms with E-state index in [1.54, 1.807) is 32.0 Å². The Morgan fingerprint density at radius 2 is 2.18 bits per heavy atom. The molecule has 0 saturated heterocycles. The van der Waals surface area contributed by atoms with E-state index in [9.17, 15) is 4.79 Å². The van der Waals surface area contributed by atoms with E-state index < -0.39 is 0 Å². The smallest absolute Gasteiger partial charge is 0.310 e. The van der Waals surface area contributed by atoms with Crippen LogP contribution in [0.1, 0.15) is 13.8 Å². The van der Waals surface area contributed by atoms with Crippen LogP contribution in [0.15, 0.2) is 18.2 Å². The minimum atomic E-state index is -0.221. The molecule has 94 valence electrons. The maximum atomic E-state index is 11.4. The van der Waals surface area contributed by atoms with E-state index in [4.69, 9.17) is 27.9 Å². The monoisotopic (exact) mass is 275 g/mol. The third-order valence-electron chi connectivity index (χ3n) is 2.22. The second-order valence-corrected chi connectivity index (χ2v) is 4.50. The molecule has 1 aromatic rings. The molecule has 3 nitrogen and oxygen atoms in total. The van der Waals surface area contributed by atoms with Gasteiger partial charge in [-0.15, -0.1) is 0 Å². The average Bonchev–Trinajstić information content (AvgIpc) is 2.27. The molecule has 0 saturated carbocycles. The van der Waals surface area contributed by atoms with Crippen LogP contribution in [0.5, 0.6) is 0 Å². The quantitative estimate of drug-likeness (QED) is 0.835. The second kappa shape index (κ2) is 6.72. The zero-order valence-corrected chi connectivity index (χ0v) is 11.3. The van der Waals surface area contributed by atoms with Crippen molar-refractivity contribution in [3.05, 3.63) is 28.2 Å². The van der Waals surface area contributed by atoms with E-state index in [0.717, 1.165) is 5.69 Å². The Morgan fingerprint density at radius 3 is 2.76 bits per heavy atom. The van der Waals surface area contributed by atoms with Crippen LogP contribution in [-0.4, -0.2) is 19.1 Å². The summed E-state index contributed by atoms with van der Waals surface area (Å²) in [7, 11) is 0. The molecule has 5 heteroatoms. The summed E-state index contributed by atoms with van der Waals surface area (Å²) in [6.45, 7) is 4.45. The fourth-order valence-corrected chi connectivity index (χ4v) is 1.74. The van der Waals surface area contributed by atoms with Gasteiger partial charge in [-0.3, -0.25) is 4.79 Å². The lowest BCUT2D eigenvalue weighted by atomic mass is 10.2. The molecule has 0 spiro atoms. The molecule has 1 unspecified atom stereocenters. The van der Waals surface area contributed by atoms with Gasteiger partial charge in [0, 0.05) is 11.6 Å². The number of ether oxygens (including phenoxy) is 1. The molecule has 17 heavy (non-hydrogen) atoms. The van der Waals surface area contributed by atoms with Crippen LogP contribution in [0.4, 0.5) is 5.69 Å². The molecular weight excluding hydrogens is 261 g/mol. The standard InChI is InChI=1S/C12H15Cl2NO2/c1-3-17-12(16)8(2)7-15-11-5-4-9(13)6-10(11)14/h4-6,8,15H,3,7H2,1-2H3. The number of carbonyl (C=O) groups is 1. The van der Waals surface area contributed by atoms with Crippen molar-refractivity contribution in [3.63, 3.8) is 0 Å². The van der Waals surface area contributed by atoms with Gasteiger partial charge in [0.05, 0.1) is 23.2 Å². The van der Waals surface area contributed by atoms with Gasteiger partial charge in [-0.25, -0.2) is 0 Å². The maximum absolute atomic E-state index is 11.4. The summed E-state index contributed by atoms with van der Waals surface area (Å²) >= 11 is 11.8. The van der Waals surface area contributed by atoms with Gasteiger partial charge < -0.3 is 10.1 Å². The van der Waals surface area contributed by atoms with E-state index in [2.05, 4.69) is 5.32 Å². The van der Waals surface area contributed by atoms with Gasteiger partial charge in [0.25, 0.3) is 0 Å². The largest absolute Gasteiger partial charge is 0.466 e. The van der Waals surface area contributed by atoms with Crippen molar-refractivity contribution >= 4 is 34.9 Å². The summed E-state index contributed by atoms with van der Waals surface area (Å²) < 4.78 is 4.91. The van der Waals surface area contributed by atoms with Gasteiger partial charge in [-0.1, -0.05) is 30.1 Å². The third kappa shape index (κ3) is 4.44. The molecule has 0 amide bonds. The van der Waals surface area contributed by atoms with Crippen molar-refractivity contribution in [3.8, 4) is 0 Å². The van der Waals surface area contributed by atoms with Crippen LogP contribution in [0.25, 0.3) is 0 Å². The zero-order chi connectivity index (χ0) is 12.8. The van der Waals surface area contributed by atoms with Gasteiger partial charge in [0.2, 0.25) is 0 Å². The van der Waals surface area contributed by atoms with Crippen molar-refractivity contribution in [1.82, 2.24) is 0 Å². The van der Waals surface area contributed by atoms with E-state index in [1.165, 1.54) is 0 Å². The van der Waals surface area contributed by atoms with Crippen LogP contribution in [0.3, 0.4) is 0 Å².